The van der Waals surface area contributed by atoms with Gasteiger partial charge in [-0.1, -0.05) is 31.9 Å². The van der Waals surface area contributed by atoms with Crippen molar-refractivity contribution in [2.45, 2.75) is 53.0 Å². The summed E-state index contributed by atoms with van der Waals surface area (Å²) in [6, 6.07) is 0.725. The summed E-state index contributed by atoms with van der Waals surface area (Å²) >= 11 is 0. The zero-order valence-electron chi connectivity index (χ0n) is 9.48. The minimum atomic E-state index is 0.509. The van der Waals surface area contributed by atoms with Crippen LogP contribution in [0.2, 0.25) is 0 Å². The highest BCUT2D eigenvalue weighted by atomic mass is 14.9. The third-order valence-electron chi connectivity index (χ3n) is 3.13. The van der Waals surface area contributed by atoms with Crippen molar-refractivity contribution in [1.29, 1.82) is 0 Å². The van der Waals surface area contributed by atoms with Gasteiger partial charge in [-0.2, -0.15) is 0 Å². The SMILES string of the molecule is CC(C)=CCNC1CCCC1(C)C. The van der Waals surface area contributed by atoms with Crippen LogP contribution in [0.5, 0.6) is 0 Å². The Morgan fingerprint density at radius 2 is 2.15 bits per heavy atom. The fourth-order valence-electron chi connectivity index (χ4n) is 2.11. The first-order valence-electron chi connectivity index (χ1n) is 5.39. The van der Waals surface area contributed by atoms with Gasteiger partial charge < -0.3 is 5.32 Å². The minimum Gasteiger partial charge on any atom is -0.310 e. The highest BCUT2D eigenvalue weighted by Crippen LogP contribution is 2.36. The van der Waals surface area contributed by atoms with Gasteiger partial charge >= 0.3 is 0 Å². The van der Waals surface area contributed by atoms with E-state index in [4.69, 9.17) is 0 Å². The Balaban J connectivity index is 2.33. The molecule has 0 aromatic carbocycles. The van der Waals surface area contributed by atoms with Crippen LogP contribution in [0.25, 0.3) is 0 Å². The number of allylic oxidation sites excluding steroid dienone is 1. The van der Waals surface area contributed by atoms with E-state index in [1.165, 1.54) is 24.8 Å². The molecule has 0 saturated heterocycles. The first kappa shape index (κ1) is 10.8. The van der Waals surface area contributed by atoms with Gasteiger partial charge in [0.1, 0.15) is 0 Å². The Morgan fingerprint density at radius 3 is 2.62 bits per heavy atom. The molecule has 0 aromatic heterocycles. The third-order valence-corrected chi connectivity index (χ3v) is 3.13. The summed E-state index contributed by atoms with van der Waals surface area (Å²) in [6.45, 7) is 10.1. The lowest BCUT2D eigenvalue weighted by molar-refractivity contribution is 0.291. The maximum absolute atomic E-state index is 3.63. The van der Waals surface area contributed by atoms with E-state index in [-0.39, 0.29) is 0 Å². The van der Waals surface area contributed by atoms with Crippen LogP contribution in [0.3, 0.4) is 0 Å². The molecular formula is C12H23N. The summed E-state index contributed by atoms with van der Waals surface area (Å²) in [6.07, 6.45) is 6.39. The zero-order valence-corrected chi connectivity index (χ0v) is 9.48. The van der Waals surface area contributed by atoms with Gasteiger partial charge in [0.05, 0.1) is 0 Å². The Kier molecular flexibility index (Phi) is 3.55. The van der Waals surface area contributed by atoms with Crippen LogP contribution in [0.15, 0.2) is 11.6 Å². The summed E-state index contributed by atoms with van der Waals surface area (Å²) in [7, 11) is 0. The lowest BCUT2D eigenvalue weighted by Crippen LogP contribution is -2.37. The van der Waals surface area contributed by atoms with Crippen molar-refractivity contribution in [3.8, 4) is 0 Å². The predicted octanol–water partition coefficient (Wildman–Crippen LogP) is 3.12. The molecule has 1 saturated carbocycles. The number of hydrogen-bond acceptors (Lipinski definition) is 1. The van der Waals surface area contributed by atoms with Crippen LogP contribution in [0.4, 0.5) is 0 Å². The van der Waals surface area contributed by atoms with Gasteiger partial charge in [-0.15, -0.1) is 0 Å². The number of hydrogen-bond donors (Lipinski definition) is 1. The van der Waals surface area contributed by atoms with Crippen LogP contribution in [-0.2, 0) is 0 Å². The molecule has 0 radical (unpaired) electrons. The molecule has 1 aliphatic rings. The standard InChI is InChI=1S/C12H23N/c1-10(2)7-9-13-11-6-5-8-12(11,3)4/h7,11,13H,5-6,8-9H2,1-4H3. The first-order chi connectivity index (χ1) is 6.02. The van der Waals surface area contributed by atoms with Crippen LogP contribution < -0.4 is 5.32 Å². The van der Waals surface area contributed by atoms with Gasteiger partial charge in [0.25, 0.3) is 0 Å². The second-order valence-electron chi connectivity index (χ2n) is 5.12. The molecule has 0 amide bonds. The van der Waals surface area contributed by atoms with Crippen molar-refractivity contribution in [1.82, 2.24) is 5.32 Å². The molecule has 1 fully saturated rings. The van der Waals surface area contributed by atoms with Crippen molar-refractivity contribution in [2.24, 2.45) is 5.41 Å². The van der Waals surface area contributed by atoms with Gasteiger partial charge in [0.15, 0.2) is 0 Å². The van der Waals surface area contributed by atoms with Crippen molar-refractivity contribution in [2.75, 3.05) is 6.54 Å². The second kappa shape index (κ2) is 4.28. The number of rotatable bonds is 3. The molecule has 1 heteroatoms. The van der Waals surface area contributed by atoms with Crippen molar-refractivity contribution < 1.29 is 0 Å². The highest BCUT2D eigenvalue weighted by molar-refractivity contribution is 4.97. The molecule has 1 rings (SSSR count). The van der Waals surface area contributed by atoms with E-state index < -0.39 is 0 Å². The van der Waals surface area contributed by atoms with Gasteiger partial charge in [-0.05, 0) is 32.1 Å². The maximum Gasteiger partial charge on any atom is 0.0140 e. The van der Waals surface area contributed by atoms with Gasteiger partial charge in [-0.25, -0.2) is 0 Å². The van der Waals surface area contributed by atoms with Crippen LogP contribution in [0.1, 0.15) is 47.0 Å². The molecule has 1 atom stereocenters. The van der Waals surface area contributed by atoms with Crippen molar-refractivity contribution >= 4 is 0 Å². The van der Waals surface area contributed by atoms with Crippen molar-refractivity contribution in [3.05, 3.63) is 11.6 Å². The van der Waals surface area contributed by atoms with E-state index in [2.05, 4.69) is 39.1 Å². The van der Waals surface area contributed by atoms with Gasteiger partial charge in [0.2, 0.25) is 0 Å². The summed E-state index contributed by atoms with van der Waals surface area (Å²) in [4.78, 5) is 0. The molecule has 0 bridgehead atoms. The van der Waals surface area contributed by atoms with Gasteiger partial charge in [0, 0.05) is 12.6 Å². The fraction of sp³-hybridized carbons (Fsp3) is 0.833. The smallest absolute Gasteiger partial charge is 0.0140 e. The molecule has 76 valence electrons. The molecule has 1 N–H and O–H groups in total. The molecule has 0 aliphatic heterocycles. The molecule has 0 aromatic rings. The second-order valence-corrected chi connectivity index (χ2v) is 5.12. The summed E-state index contributed by atoms with van der Waals surface area (Å²) in [5.74, 6) is 0. The van der Waals surface area contributed by atoms with Crippen LogP contribution in [-0.4, -0.2) is 12.6 Å². The minimum absolute atomic E-state index is 0.509. The Bertz CT molecular complexity index is 187. The van der Waals surface area contributed by atoms with E-state index >= 15 is 0 Å². The van der Waals surface area contributed by atoms with E-state index in [0.717, 1.165) is 12.6 Å². The quantitative estimate of drug-likeness (QED) is 0.660. The molecule has 1 nitrogen and oxygen atoms in total. The first-order valence-corrected chi connectivity index (χ1v) is 5.39. The average molecular weight is 181 g/mol. The van der Waals surface area contributed by atoms with Crippen molar-refractivity contribution in [3.63, 3.8) is 0 Å². The normalized spacial score (nSPS) is 26.0. The molecule has 0 heterocycles. The highest BCUT2D eigenvalue weighted by Gasteiger charge is 2.33. The summed E-state index contributed by atoms with van der Waals surface area (Å²) in [5, 5.41) is 3.63. The monoisotopic (exact) mass is 181 g/mol. The molecule has 13 heavy (non-hydrogen) atoms. The molecular weight excluding hydrogens is 158 g/mol. The zero-order chi connectivity index (χ0) is 9.90. The molecule has 1 unspecified atom stereocenters. The summed E-state index contributed by atoms with van der Waals surface area (Å²) < 4.78 is 0. The van der Waals surface area contributed by atoms with Crippen LogP contribution in [0, 0.1) is 5.41 Å². The topological polar surface area (TPSA) is 12.0 Å². The lowest BCUT2D eigenvalue weighted by atomic mass is 9.87. The fourth-order valence-corrected chi connectivity index (χ4v) is 2.11. The van der Waals surface area contributed by atoms with Gasteiger partial charge in [-0.3, -0.25) is 0 Å². The Hall–Kier alpha value is -0.300. The Labute approximate surface area is 82.6 Å². The third kappa shape index (κ3) is 3.15. The maximum atomic E-state index is 3.63. The largest absolute Gasteiger partial charge is 0.310 e. The Morgan fingerprint density at radius 1 is 1.46 bits per heavy atom. The lowest BCUT2D eigenvalue weighted by Gasteiger charge is -2.27. The predicted molar refractivity (Wildman–Crippen MR) is 58.9 cm³/mol. The molecule has 0 spiro atoms. The van der Waals surface area contributed by atoms with E-state index in [9.17, 15) is 0 Å². The summed E-state index contributed by atoms with van der Waals surface area (Å²) in [5.41, 5.74) is 1.92. The van der Waals surface area contributed by atoms with E-state index in [1.807, 2.05) is 0 Å². The van der Waals surface area contributed by atoms with E-state index in [1.54, 1.807) is 0 Å². The average Bonchev–Trinajstić information content (AvgIpc) is 2.30. The van der Waals surface area contributed by atoms with E-state index in [0.29, 0.717) is 5.41 Å². The molecule has 1 aliphatic carbocycles. The number of nitrogens with one attached hydrogen (secondary N) is 1. The van der Waals surface area contributed by atoms with Crippen LogP contribution >= 0.6 is 0 Å².